The Balaban J connectivity index is 2.10. The van der Waals surface area contributed by atoms with E-state index in [-0.39, 0.29) is 6.04 Å². The summed E-state index contributed by atoms with van der Waals surface area (Å²) in [5.41, 5.74) is 0. The lowest BCUT2D eigenvalue weighted by Crippen LogP contribution is -2.45. The molecule has 2 aliphatic rings. The smallest absolute Gasteiger partial charge is 0.241 e. The van der Waals surface area contributed by atoms with Gasteiger partial charge in [-0.15, -0.1) is 0 Å². The first-order chi connectivity index (χ1) is 9.19. The molecule has 0 bridgehead atoms. The Bertz CT molecular complexity index is 299. The quantitative estimate of drug-likeness (QED) is 0.828. The second-order valence-corrected chi connectivity index (χ2v) is 6.37. The van der Waals surface area contributed by atoms with Crippen molar-refractivity contribution in [2.45, 2.75) is 90.4 Å². The molecule has 0 aromatic carbocycles. The molecule has 0 aromatic rings. The third-order valence-corrected chi connectivity index (χ3v) is 4.97. The molecule has 0 radical (unpaired) electrons. The van der Waals surface area contributed by atoms with Crippen molar-refractivity contribution in [3.8, 4) is 0 Å². The van der Waals surface area contributed by atoms with Gasteiger partial charge in [-0.3, -0.25) is 10.1 Å². The molecule has 0 aromatic heterocycles. The lowest BCUT2D eigenvalue weighted by Gasteiger charge is -2.35. The summed E-state index contributed by atoms with van der Waals surface area (Å²) in [5, 5.41) is 3.62. The monoisotopic (exact) mass is 266 g/mol. The van der Waals surface area contributed by atoms with Gasteiger partial charge in [0.25, 0.3) is 0 Å². The number of carbonyl (C=O) groups excluding carboxylic acids is 1. The molecule has 1 amide bonds. The van der Waals surface area contributed by atoms with E-state index in [1.54, 1.807) is 0 Å². The van der Waals surface area contributed by atoms with Crippen LogP contribution in [0.15, 0.2) is 0 Å². The molecule has 1 saturated carbocycles. The van der Waals surface area contributed by atoms with Gasteiger partial charge in [-0.1, -0.05) is 52.9 Å². The highest BCUT2D eigenvalue weighted by atomic mass is 16.2. The summed E-state index contributed by atoms with van der Waals surface area (Å²) in [6, 6.07) is 0.558. The predicted molar refractivity (Wildman–Crippen MR) is 78.8 cm³/mol. The van der Waals surface area contributed by atoms with E-state index >= 15 is 0 Å². The molecule has 3 atom stereocenters. The molecule has 1 aliphatic heterocycles. The van der Waals surface area contributed by atoms with Crippen LogP contribution in [0.5, 0.6) is 0 Å². The van der Waals surface area contributed by atoms with E-state index in [1.807, 2.05) is 0 Å². The average Bonchev–Trinajstić information content (AvgIpc) is 2.76. The van der Waals surface area contributed by atoms with Crippen molar-refractivity contribution >= 4 is 5.91 Å². The van der Waals surface area contributed by atoms with Gasteiger partial charge in [0.1, 0.15) is 0 Å². The van der Waals surface area contributed by atoms with Gasteiger partial charge < -0.3 is 4.90 Å². The minimum Gasteiger partial charge on any atom is -0.323 e. The third kappa shape index (κ3) is 3.13. The Morgan fingerprint density at radius 3 is 2.53 bits per heavy atom. The van der Waals surface area contributed by atoms with Gasteiger partial charge in [0, 0.05) is 6.04 Å². The van der Waals surface area contributed by atoms with Gasteiger partial charge in [-0.25, -0.2) is 0 Å². The fraction of sp³-hybridized carbons (Fsp3) is 0.938. The zero-order valence-electron chi connectivity index (χ0n) is 12.8. The van der Waals surface area contributed by atoms with Crippen molar-refractivity contribution in [1.82, 2.24) is 10.2 Å². The normalized spacial score (nSPS) is 30.9. The van der Waals surface area contributed by atoms with Crippen LogP contribution in [-0.2, 0) is 4.79 Å². The molecule has 1 heterocycles. The number of amides is 1. The fourth-order valence-electron chi connectivity index (χ4n) is 3.61. The molecule has 3 nitrogen and oxygen atoms in total. The van der Waals surface area contributed by atoms with Crippen LogP contribution in [0.1, 0.15) is 72.1 Å². The number of hydrogen-bond acceptors (Lipinski definition) is 2. The molecule has 2 fully saturated rings. The summed E-state index contributed by atoms with van der Waals surface area (Å²) >= 11 is 0. The minimum atomic E-state index is 0.0588. The summed E-state index contributed by atoms with van der Waals surface area (Å²) in [7, 11) is 0. The first kappa shape index (κ1) is 14.8. The average molecular weight is 266 g/mol. The van der Waals surface area contributed by atoms with Crippen molar-refractivity contribution in [1.29, 1.82) is 0 Å². The Kier molecular flexibility index (Phi) is 5.26. The molecule has 3 heteroatoms. The van der Waals surface area contributed by atoms with Crippen molar-refractivity contribution < 1.29 is 4.79 Å². The van der Waals surface area contributed by atoms with Crippen LogP contribution in [0.25, 0.3) is 0 Å². The number of carbonyl (C=O) groups is 1. The summed E-state index contributed by atoms with van der Waals surface area (Å²) < 4.78 is 0. The first-order valence-electron chi connectivity index (χ1n) is 8.27. The first-order valence-corrected chi connectivity index (χ1v) is 8.27. The molecule has 19 heavy (non-hydrogen) atoms. The van der Waals surface area contributed by atoms with Gasteiger partial charge >= 0.3 is 0 Å². The maximum Gasteiger partial charge on any atom is 0.241 e. The van der Waals surface area contributed by atoms with Crippen LogP contribution in [-0.4, -0.2) is 29.1 Å². The van der Waals surface area contributed by atoms with E-state index in [2.05, 4.69) is 31.0 Å². The summed E-state index contributed by atoms with van der Waals surface area (Å²) in [4.78, 5) is 15.0. The molecular weight excluding hydrogens is 236 g/mol. The molecule has 0 spiro atoms. The number of nitrogens with one attached hydrogen (secondary N) is 1. The number of hydrogen-bond donors (Lipinski definition) is 1. The van der Waals surface area contributed by atoms with E-state index in [4.69, 9.17) is 0 Å². The highest BCUT2D eigenvalue weighted by molar-refractivity contribution is 5.85. The highest BCUT2D eigenvalue weighted by Gasteiger charge is 2.43. The lowest BCUT2D eigenvalue weighted by atomic mass is 9.93. The second-order valence-electron chi connectivity index (χ2n) is 6.37. The standard InChI is InChI=1S/C16H30N2O/c1-4-9-14-17-15(12(3)5-2)16(19)18(14)13-10-7-6-8-11-13/h12-15,17H,4-11H2,1-3H3. The predicted octanol–water partition coefficient (Wildman–Crippen LogP) is 3.29. The van der Waals surface area contributed by atoms with Gasteiger partial charge in [0.05, 0.1) is 12.2 Å². The molecule has 3 unspecified atom stereocenters. The Morgan fingerprint density at radius 2 is 1.95 bits per heavy atom. The fourth-order valence-corrected chi connectivity index (χ4v) is 3.61. The summed E-state index contributed by atoms with van der Waals surface area (Å²) in [5.74, 6) is 0.820. The van der Waals surface area contributed by atoms with Gasteiger partial charge in [0.2, 0.25) is 5.91 Å². The van der Waals surface area contributed by atoms with Gasteiger partial charge in [-0.2, -0.15) is 0 Å². The maximum atomic E-state index is 12.8. The zero-order chi connectivity index (χ0) is 13.8. The second kappa shape index (κ2) is 6.74. The molecule has 1 aliphatic carbocycles. The van der Waals surface area contributed by atoms with Crippen molar-refractivity contribution in [3.05, 3.63) is 0 Å². The van der Waals surface area contributed by atoms with Gasteiger partial charge in [-0.05, 0) is 25.2 Å². The maximum absolute atomic E-state index is 12.8. The lowest BCUT2D eigenvalue weighted by molar-refractivity contribution is -0.133. The van der Waals surface area contributed by atoms with Crippen LogP contribution < -0.4 is 5.32 Å². The topological polar surface area (TPSA) is 32.3 Å². The largest absolute Gasteiger partial charge is 0.323 e. The van der Waals surface area contributed by atoms with Crippen LogP contribution >= 0.6 is 0 Å². The number of rotatable bonds is 5. The van der Waals surface area contributed by atoms with Gasteiger partial charge in [0.15, 0.2) is 0 Å². The van der Waals surface area contributed by atoms with Crippen LogP contribution in [0, 0.1) is 5.92 Å². The van der Waals surface area contributed by atoms with Crippen molar-refractivity contribution in [3.63, 3.8) is 0 Å². The van der Waals surface area contributed by atoms with E-state index in [0.717, 1.165) is 19.3 Å². The molecule has 1 saturated heterocycles. The Hall–Kier alpha value is -0.570. The summed E-state index contributed by atoms with van der Waals surface area (Å²) in [6.45, 7) is 6.59. The number of nitrogens with zero attached hydrogens (tertiary/aromatic N) is 1. The Labute approximate surface area is 118 Å². The highest BCUT2D eigenvalue weighted by Crippen LogP contribution is 2.30. The Morgan fingerprint density at radius 1 is 1.26 bits per heavy atom. The van der Waals surface area contributed by atoms with E-state index in [9.17, 15) is 4.79 Å². The van der Waals surface area contributed by atoms with Crippen LogP contribution in [0.2, 0.25) is 0 Å². The molecule has 2 rings (SSSR count). The van der Waals surface area contributed by atoms with E-state index < -0.39 is 0 Å². The molecular formula is C16H30N2O. The van der Waals surface area contributed by atoms with Crippen molar-refractivity contribution in [2.24, 2.45) is 5.92 Å². The van der Waals surface area contributed by atoms with E-state index in [0.29, 0.717) is 24.0 Å². The zero-order valence-corrected chi connectivity index (χ0v) is 12.8. The minimum absolute atomic E-state index is 0.0588. The molecule has 110 valence electrons. The van der Waals surface area contributed by atoms with Crippen LogP contribution in [0.3, 0.4) is 0 Å². The van der Waals surface area contributed by atoms with E-state index in [1.165, 1.54) is 32.1 Å². The molecule has 1 N–H and O–H groups in total. The summed E-state index contributed by atoms with van der Waals surface area (Å²) in [6.07, 6.45) is 9.94. The SMILES string of the molecule is CCCC1NC(C(C)CC)C(=O)N1C1CCCCC1. The van der Waals surface area contributed by atoms with Crippen LogP contribution in [0.4, 0.5) is 0 Å². The van der Waals surface area contributed by atoms with Crippen molar-refractivity contribution in [2.75, 3.05) is 0 Å². The third-order valence-electron chi connectivity index (χ3n) is 4.97.